The Hall–Kier alpha value is -2.03. The van der Waals surface area contributed by atoms with E-state index in [-0.39, 0.29) is 0 Å². The lowest BCUT2D eigenvalue weighted by Gasteiger charge is -1.97. The van der Waals surface area contributed by atoms with E-state index in [9.17, 15) is 0 Å². The van der Waals surface area contributed by atoms with Gasteiger partial charge in [0.1, 0.15) is 0 Å². The van der Waals surface area contributed by atoms with Gasteiger partial charge in [-0.15, -0.1) is 0 Å². The minimum Gasteiger partial charge on any atom is -0.471 e. The molecule has 0 unspecified atom stereocenters. The van der Waals surface area contributed by atoms with Gasteiger partial charge in [-0.1, -0.05) is 30.3 Å². The Balaban J connectivity index is 0.000000280. The van der Waals surface area contributed by atoms with Gasteiger partial charge < -0.3 is 9.72 Å². The summed E-state index contributed by atoms with van der Waals surface area (Å²) < 4.78 is 3.86. The molecule has 0 aliphatic rings. The molecule has 0 fully saturated rings. The third-order valence-corrected chi connectivity index (χ3v) is 2.13. The lowest BCUT2D eigenvalue weighted by molar-refractivity contribution is -0.126. The van der Waals surface area contributed by atoms with Gasteiger partial charge in [0, 0.05) is 17.5 Å². The number of hydrogen-bond donors (Lipinski definition) is 1. The van der Waals surface area contributed by atoms with Gasteiger partial charge >= 0.3 is 0 Å². The van der Waals surface area contributed by atoms with Crippen LogP contribution in [-0.4, -0.2) is 18.6 Å². The summed E-state index contributed by atoms with van der Waals surface area (Å²) in [6, 6.07) is 12.5. The first-order chi connectivity index (χ1) is 7.79. The highest BCUT2D eigenvalue weighted by Gasteiger charge is 1.99. The number of aromatic amines is 1. The number of H-pyrrole nitrogens is 1. The summed E-state index contributed by atoms with van der Waals surface area (Å²) in [6.45, 7) is 2.46. The molecule has 3 heteroatoms. The van der Waals surface area contributed by atoms with Gasteiger partial charge in [0.05, 0.1) is 7.11 Å². The van der Waals surface area contributed by atoms with Crippen LogP contribution in [0.1, 0.15) is 5.69 Å². The van der Waals surface area contributed by atoms with Crippen molar-refractivity contribution in [1.82, 2.24) is 4.98 Å². The molecule has 3 nitrogen and oxygen atoms in total. The van der Waals surface area contributed by atoms with Gasteiger partial charge in [-0.25, -0.2) is 0 Å². The molecule has 0 radical (unpaired) electrons. The third kappa shape index (κ3) is 3.28. The molecule has 0 amide bonds. The van der Waals surface area contributed by atoms with Crippen LogP contribution in [0, 0.1) is 6.92 Å². The Kier molecular flexibility index (Phi) is 4.86. The molecular formula is C13H15NO2. The van der Waals surface area contributed by atoms with Crippen LogP contribution in [0.25, 0.3) is 11.1 Å². The van der Waals surface area contributed by atoms with Crippen LogP contribution < -0.4 is 0 Å². The number of ether oxygens (including phenoxy) is 1. The number of aryl methyl sites for hydroxylation is 1. The largest absolute Gasteiger partial charge is 0.471 e. The van der Waals surface area contributed by atoms with E-state index in [0.29, 0.717) is 6.47 Å². The minimum atomic E-state index is 0.375. The molecule has 1 aromatic carbocycles. The molecule has 1 N–H and O–H groups in total. The van der Waals surface area contributed by atoms with E-state index < -0.39 is 0 Å². The molecule has 0 atom stereocenters. The van der Waals surface area contributed by atoms with E-state index in [1.807, 2.05) is 12.3 Å². The normalized spacial score (nSPS) is 8.88. The molecule has 16 heavy (non-hydrogen) atoms. The van der Waals surface area contributed by atoms with Crippen LogP contribution >= 0.6 is 0 Å². The van der Waals surface area contributed by atoms with Gasteiger partial charge in [0.2, 0.25) is 0 Å². The van der Waals surface area contributed by atoms with Crippen molar-refractivity contribution in [2.24, 2.45) is 0 Å². The number of rotatable bonds is 2. The average molecular weight is 217 g/mol. The highest BCUT2D eigenvalue weighted by atomic mass is 16.5. The SMILES string of the molecule is COC=O.Cc1[nH]ccc1-c1ccccc1. The van der Waals surface area contributed by atoms with Crippen LogP contribution in [0.4, 0.5) is 0 Å². The van der Waals surface area contributed by atoms with Crippen LogP contribution in [-0.2, 0) is 9.53 Å². The summed E-state index contributed by atoms with van der Waals surface area (Å²) >= 11 is 0. The van der Waals surface area contributed by atoms with Crippen LogP contribution in [0.2, 0.25) is 0 Å². The molecule has 1 aromatic heterocycles. The monoisotopic (exact) mass is 217 g/mol. The zero-order valence-corrected chi connectivity index (χ0v) is 9.44. The van der Waals surface area contributed by atoms with Crippen molar-refractivity contribution in [2.45, 2.75) is 6.92 Å². The summed E-state index contributed by atoms with van der Waals surface area (Å²) in [5.41, 5.74) is 3.79. The zero-order valence-electron chi connectivity index (χ0n) is 9.44. The molecule has 1 heterocycles. The molecular weight excluding hydrogens is 202 g/mol. The van der Waals surface area contributed by atoms with Crippen molar-refractivity contribution in [3.8, 4) is 11.1 Å². The first-order valence-corrected chi connectivity index (χ1v) is 4.95. The second-order valence-electron chi connectivity index (χ2n) is 3.21. The fourth-order valence-electron chi connectivity index (χ4n) is 1.38. The smallest absolute Gasteiger partial charge is 0.292 e. The Morgan fingerprint density at radius 2 is 1.81 bits per heavy atom. The number of benzene rings is 1. The predicted octanol–water partition coefficient (Wildman–Crippen LogP) is 2.78. The quantitative estimate of drug-likeness (QED) is 0.786. The van der Waals surface area contributed by atoms with Gasteiger partial charge in [-0.2, -0.15) is 0 Å². The Morgan fingerprint density at radius 1 is 1.19 bits per heavy atom. The second-order valence-corrected chi connectivity index (χ2v) is 3.21. The maximum atomic E-state index is 8.95. The Labute approximate surface area is 95.1 Å². The van der Waals surface area contributed by atoms with Gasteiger partial charge in [0.15, 0.2) is 0 Å². The highest BCUT2D eigenvalue weighted by Crippen LogP contribution is 2.21. The average Bonchev–Trinajstić information content (AvgIpc) is 2.77. The Morgan fingerprint density at radius 3 is 2.25 bits per heavy atom. The molecule has 0 spiro atoms. The summed E-state index contributed by atoms with van der Waals surface area (Å²) in [5, 5.41) is 0. The topological polar surface area (TPSA) is 42.1 Å². The number of methoxy groups -OCH3 is 1. The summed E-state index contributed by atoms with van der Waals surface area (Å²) in [4.78, 5) is 12.1. The van der Waals surface area contributed by atoms with E-state index in [1.54, 1.807) is 0 Å². The van der Waals surface area contributed by atoms with Crippen molar-refractivity contribution < 1.29 is 9.53 Å². The molecule has 0 aliphatic heterocycles. The van der Waals surface area contributed by atoms with E-state index in [4.69, 9.17) is 4.79 Å². The first kappa shape index (κ1) is 12.0. The van der Waals surface area contributed by atoms with Gasteiger partial charge in [-0.3, -0.25) is 4.79 Å². The van der Waals surface area contributed by atoms with Crippen molar-refractivity contribution >= 4 is 6.47 Å². The fourth-order valence-corrected chi connectivity index (χ4v) is 1.38. The van der Waals surface area contributed by atoms with Crippen LogP contribution in [0.3, 0.4) is 0 Å². The molecule has 84 valence electrons. The molecule has 0 saturated carbocycles. The number of nitrogens with one attached hydrogen (secondary N) is 1. The molecule has 0 aliphatic carbocycles. The van der Waals surface area contributed by atoms with E-state index in [1.165, 1.54) is 23.9 Å². The van der Waals surface area contributed by atoms with Crippen molar-refractivity contribution in [2.75, 3.05) is 7.11 Å². The summed E-state index contributed by atoms with van der Waals surface area (Å²) in [7, 11) is 1.31. The van der Waals surface area contributed by atoms with E-state index in [2.05, 4.69) is 47.0 Å². The zero-order chi connectivity index (χ0) is 11.8. The maximum absolute atomic E-state index is 8.95. The van der Waals surface area contributed by atoms with Gasteiger partial charge in [0.25, 0.3) is 6.47 Å². The maximum Gasteiger partial charge on any atom is 0.292 e. The lowest BCUT2D eigenvalue weighted by atomic mass is 10.1. The van der Waals surface area contributed by atoms with E-state index in [0.717, 1.165) is 0 Å². The minimum absolute atomic E-state index is 0.375. The fraction of sp³-hybridized carbons (Fsp3) is 0.154. The predicted molar refractivity (Wildman–Crippen MR) is 64.0 cm³/mol. The van der Waals surface area contributed by atoms with Crippen molar-refractivity contribution in [3.05, 3.63) is 48.3 Å². The lowest BCUT2D eigenvalue weighted by Crippen LogP contribution is -1.76. The molecule has 2 rings (SSSR count). The molecule has 0 saturated heterocycles. The van der Waals surface area contributed by atoms with Crippen LogP contribution in [0.15, 0.2) is 42.6 Å². The second kappa shape index (κ2) is 6.45. The number of carbonyl (C=O) groups is 1. The highest BCUT2D eigenvalue weighted by molar-refractivity contribution is 5.65. The summed E-state index contributed by atoms with van der Waals surface area (Å²) in [6.07, 6.45) is 1.97. The number of carbonyl (C=O) groups excluding carboxylic acids is 1. The van der Waals surface area contributed by atoms with Gasteiger partial charge in [-0.05, 0) is 18.6 Å². The number of hydrogen-bond acceptors (Lipinski definition) is 2. The van der Waals surface area contributed by atoms with Crippen LogP contribution in [0.5, 0.6) is 0 Å². The van der Waals surface area contributed by atoms with E-state index >= 15 is 0 Å². The summed E-state index contributed by atoms with van der Waals surface area (Å²) in [5.74, 6) is 0. The standard InChI is InChI=1S/C11H11N.C2H4O2/c1-9-11(7-8-12-9)10-5-3-2-4-6-10;1-4-2-3/h2-8,12H,1H3;2H,1H3. The third-order valence-electron chi connectivity index (χ3n) is 2.13. The van der Waals surface area contributed by atoms with Crippen molar-refractivity contribution in [1.29, 1.82) is 0 Å². The Bertz CT molecular complexity index is 421. The van der Waals surface area contributed by atoms with Crippen molar-refractivity contribution in [3.63, 3.8) is 0 Å². The molecule has 2 aromatic rings. The number of aromatic nitrogens is 1. The first-order valence-electron chi connectivity index (χ1n) is 4.95. The molecule has 0 bridgehead atoms.